The van der Waals surface area contributed by atoms with E-state index in [0.717, 1.165) is 27.7 Å². The van der Waals surface area contributed by atoms with E-state index < -0.39 is 18.3 Å². The second-order valence-corrected chi connectivity index (χ2v) is 9.70. The molecule has 0 radical (unpaired) electrons. The van der Waals surface area contributed by atoms with Gasteiger partial charge in [0, 0.05) is 11.1 Å². The van der Waals surface area contributed by atoms with Crippen LogP contribution in [0.25, 0.3) is 11.1 Å². The van der Waals surface area contributed by atoms with Crippen LogP contribution in [0.1, 0.15) is 70.0 Å². The predicted molar refractivity (Wildman–Crippen MR) is 110 cm³/mol. The summed E-state index contributed by atoms with van der Waals surface area (Å²) in [7, 11) is -0.537. The third kappa shape index (κ3) is 2.69. The van der Waals surface area contributed by atoms with E-state index in [4.69, 9.17) is 9.31 Å². The van der Waals surface area contributed by atoms with Crippen LogP contribution in [0.2, 0.25) is 0 Å². The van der Waals surface area contributed by atoms with Gasteiger partial charge in [-0.3, -0.25) is 4.79 Å². The summed E-state index contributed by atoms with van der Waals surface area (Å²) in [6.07, 6.45) is 0. The molecular weight excluding hydrogens is 335 g/mol. The maximum absolute atomic E-state index is 13.4. The summed E-state index contributed by atoms with van der Waals surface area (Å²) < 4.78 is 12.5. The van der Waals surface area contributed by atoms with Gasteiger partial charge < -0.3 is 9.31 Å². The summed E-state index contributed by atoms with van der Waals surface area (Å²) in [5, 5.41) is 0. The highest BCUT2D eigenvalue weighted by atomic mass is 16.7. The lowest BCUT2D eigenvalue weighted by Crippen LogP contribution is -2.41. The minimum Gasteiger partial charge on any atom is -0.399 e. The fourth-order valence-electron chi connectivity index (χ4n) is 3.78. The molecule has 4 rings (SSSR count). The molecule has 0 unspecified atom stereocenters. The normalized spacial score (nSPS) is 20.0. The van der Waals surface area contributed by atoms with Crippen LogP contribution < -0.4 is 5.46 Å². The smallest absolute Gasteiger partial charge is 0.399 e. The van der Waals surface area contributed by atoms with Crippen molar-refractivity contribution < 1.29 is 14.1 Å². The summed E-state index contributed by atoms with van der Waals surface area (Å²) in [6, 6.07) is 12.2. The molecule has 0 saturated carbocycles. The quantitative estimate of drug-likeness (QED) is 0.598. The van der Waals surface area contributed by atoms with Crippen molar-refractivity contribution in [3.8, 4) is 11.1 Å². The van der Waals surface area contributed by atoms with Crippen molar-refractivity contribution >= 4 is 18.4 Å². The number of rotatable bonds is 1. The molecule has 1 aliphatic carbocycles. The Kier molecular flexibility index (Phi) is 3.80. The van der Waals surface area contributed by atoms with Gasteiger partial charge in [0.1, 0.15) is 0 Å². The fraction of sp³-hybridized carbons (Fsp3) is 0.435. The number of hydrogen-bond acceptors (Lipinski definition) is 3. The number of hydrogen-bond donors (Lipinski definition) is 0. The van der Waals surface area contributed by atoms with E-state index in [9.17, 15) is 4.79 Å². The zero-order valence-corrected chi connectivity index (χ0v) is 17.3. The van der Waals surface area contributed by atoms with E-state index in [0.29, 0.717) is 0 Å². The van der Waals surface area contributed by atoms with E-state index in [-0.39, 0.29) is 11.2 Å². The molecule has 0 spiro atoms. The largest absolute Gasteiger partial charge is 0.495 e. The summed E-state index contributed by atoms with van der Waals surface area (Å²) in [5.41, 5.74) is 4.59. The van der Waals surface area contributed by atoms with E-state index >= 15 is 0 Å². The minimum absolute atomic E-state index is 0.00135. The number of carbonyl (C=O) groups is 1. The average Bonchev–Trinajstić information content (AvgIpc) is 2.97. The Morgan fingerprint density at radius 3 is 2.07 bits per heavy atom. The van der Waals surface area contributed by atoms with Crippen LogP contribution in [0.15, 0.2) is 36.4 Å². The molecule has 2 aromatic carbocycles. The molecule has 27 heavy (non-hydrogen) atoms. The van der Waals surface area contributed by atoms with E-state index in [1.807, 2.05) is 52.0 Å². The van der Waals surface area contributed by atoms with Crippen molar-refractivity contribution in [2.45, 2.75) is 65.1 Å². The molecule has 2 aliphatic rings. The maximum Gasteiger partial charge on any atom is 0.495 e. The van der Waals surface area contributed by atoms with Gasteiger partial charge in [0.2, 0.25) is 0 Å². The third-order valence-electron chi connectivity index (χ3n) is 6.25. The van der Waals surface area contributed by atoms with Gasteiger partial charge in [0.15, 0.2) is 5.78 Å². The molecule has 1 aliphatic heterocycles. The zero-order chi connectivity index (χ0) is 19.8. The van der Waals surface area contributed by atoms with Crippen LogP contribution in [-0.4, -0.2) is 24.1 Å². The van der Waals surface area contributed by atoms with Gasteiger partial charge in [-0.2, -0.15) is 0 Å². The molecule has 1 heterocycles. The fourth-order valence-corrected chi connectivity index (χ4v) is 3.78. The summed E-state index contributed by atoms with van der Waals surface area (Å²) in [6.45, 7) is 14.6. The Morgan fingerprint density at radius 2 is 1.48 bits per heavy atom. The van der Waals surface area contributed by atoms with Crippen molar-refractivity contribution in [1.82, 2.24) is 0 Å². The number of carbonyl (C=O) groups excluding carboxylic acids is 1. The Balaban J connectivity index is 1.82. The monoisotopic (exact) mass is 362 g/mol. The van der Waals surface area contributed by atoms with Crippen LogP contribution in [-0.2, 0) is 14.7 Å². The standard InChI is InChI=1S/C23H27BO3/c1-21(2,3)14-11-12-15-16-9-8-10-18(19(16)20(25)17(15)13-14)24-26-22(4,5)23(6,7)27-24/h8-13H,1-7H3. The van der Waals surface area contributed by atoms with Gasteiger partial charge in [-0.25, -0.2) is 0 Å². The maximum atomic E-state index is 13.4. The molecule has 140 valence electrons. The average molecular weight is 362 g/mol. The topological polar surface area (TPSA) is 35.5 Å². The lowest BCUT2D eigenvalue weighted by Gasteiger charge is -2.32. The van der Waals surface area contributed by atoms with Crippen molar-refractivity contribution in [1.29, 1.82) is 0 Å². The first-order valence-corrected chi connectivity index (χ1v) is 9.60. The third-order valence-corrected chi connectivity index (χ3v) is 6.25. The molecule has 0 atom stereocenters. The Labute approximate surface area is 162 Å². The second kappa shape index (κ2) is 5.56. The SMILES string of the molecule is CC(C)(C)c1ccc2c(c1)C(=O)c1c(B3OC(C)(C)C(C)(C)O3)cccc1-2. The number of benzene rings is 2. The lowest BCUT2D eigenvalue weighted by atomic mass is 9.74. The van der Waals surface area contributed by atoms with Gasteiger partial charge in [-0.1, -0.05) is 51.1 Å². The lowest BCUT2D eigenvalue weighted by molar-refractivity contribution is 0.00578. The minimum atomic E-state index is -0.537. The Hall–Kier alpha value is -1.91. The molecular formula is C23H27BO3. The first kappa shape index (κ1) is 18.5. The highest BCUT2D eigenvalue weighted by molar-refractivity contribution is 6.64. The second-order valence-electron chi connectivity index (χ2n) is 9.70. The van der Waals surface area contributed by atoms with Crippen molar-refractivity contribution in [2.24, 2.45) is 0 Å². The zero-order valence-electron chi connectivity index (χ0n) is 17.3. The van der Waals surface area contributed by atoms with Crippen LogP contribution in [0.4, 0.5) is 0 Å². The molecule has 0 aromatic heterocycles. The molecule has 0 bridgehead atoms. The summed E-state index contributed by atoms with van der Waals surface area (Å²) >= 11 is 0. The summed E-state index contributed by atoms with van der Waals surface area (Å²) in [4.78, 5) is 13.4. The first-order valence-electron chi connectivity index (χ1n) is 9.60. The number of ketones is 1. The highest BCUT2D eigenvalue weighted by Crippen LogP contribution is 2.41. The molecule has 0 N–H and O–H groups in total. The summed E-state index contributed by atoms with van der Waals surface area (Å²) in [5.74, 6) is 0.0661. The van der Waals surface area contributed by atoms with E-state index in [1.165, 1.54) is 5.56 Å². The predicted octanol–water partition coefficient (Wildman–Crippen LogP) is 4.49. The van der Waals surface area contributed by atoms with Gasteiger partial charge in [-0.15, -0.1) is 0 Å². The van der Waals surface area contributed by atoms with Crippen LogP contribution in [0.5, 0.6) is 0 Å². The van der Waals surface area contributed by atoms with Crippen molar-refractivity contribution in [3.63, 3.8) is 0 Å². The molecule has 2 aromatic rings. The Bertz CT molecular complexity index is 935. The molecule has 3 nitrogen and oxygen atoms in total. The van der Waals surface area contributed by atoms with Gasteiger partial charge >= 0.3 is 7.12 Å². The number of fused-ring (bicyclic) bond motifs is 3. The first-order chi connectivity index (χ1) is 12.4. The van der Waals surface area contributed by atoms with Crippen molar-refractivity contribution in [2.75, 3.05) is 0 Å². The van der Waals surface area contributed by atoms with Crippen LogP contribution in [0.3, 0.4) is 0 Å². The van der Waals surface area contributed by atoms with Gasteiger partial charge in [-0.05, 0) is 61.3 Å². The highest BCUT2D eigenvalue weighted by Gasteiger charge is 2.53. The molecule has 4 heteroatoms. The van der Waals surface area contributed by atoms with E-state index in [2.05, 4.69) is 32.9 Å². The Morgan fingerprint density at radius 1 is 0.852 bits per heavy atom. The molecule has 1 saturated heterocycles. The van der Waals surface area contributed by atoms with Gasteiger partial charge in [0.25, 0.3) is 0 Å². The molecule has 1 fully saturated rings. The van der Waals surface area contributed by atoms with Crippen LogP contribution in [0, 0.1) is 0 Å². The van der Waals surface area contributed by atoms with E-state index in [1.54, 1.807) is 0 Å². The van der Waals surface area contributed by atoms with Gasteiger partial charge in [0.05, 0.1) is 11.2 Å². The molecule has 0 amide bonds. The van der Waals surface area contributed by atoms with Crippen LogP contribution >= 0.6 is 0 Å². The van der Waals surface area contributed by atoms with Crippen molar-refractivity contribution in [3.05, 3.63) is 53.1 Å².